The van der Waals surface area contributed by atoms with E-state index in [4.69, 9.17) is 10.3 Å². The summed E-state index contributed by atoms with van der Waals surface area (Å²) in [6.45, 7) is 3.90. The van der Waals surface area contributed by atoms with Crippen LogP contribution < -0.4 is 11.3 Å². The number of fused-ring (bicyclic) bond motifs is 1. The molecule has 2 aromatic heterocycles. The molecule has 5 nitrogen and oxygen atoms in total. The van der Waals surface area contributed by atoms with Crippen LogP contribution in [0.15, 0.2) is 28.7 Å². The first kappa shape index (κ1) is 13.8. The Kier molecular flexibility index (Phi) is 3.27. The lowest BCUT2D eigenvalue weighted by Crippen LogP contribution is -2.29. The van der Waals surface area contributed by atoms with E-state index < -0.39 is 0 Å². The van der Waals surface area contributed by atoms with E-state index in [2.05, 4.69) is 10.5 Å². The molecule has 0 spiro atoms. The van der Waals surface area contributed by atoms with Crippen molar-refractivity contribution in [3.05, 3.63) is 52.8 Å². The van der Waals surface area contributed by atoms with E-state index >= 15 is 0 Å². The van der Waals surface area contributed by atoms with Crippen molar-refractivity contribution in [2.45, 2.75) is 19.9 Å². The number of furan rings is 1. The highest BCUT2D eigenvalue weighted by Crippen LogP contribution is 2.31. The Labute approximate surface area is 121 Å². The van der Waals surface area contributed by atoms with Gasteiger partial charge in [0.2, 0.25) is 0 Å². The van der Waals surface area contributed by atoms with Crippen LogP contribution in [0.4, 0.5) is 4.39 Å². The Hall–Kier alpha value is -2.18. The monoisotopic (exact) mass is 288 g/mol. The minimum atomic E-state index is -0.325. The largest absolute Gasteiger partial charge is 0.459 e. The van der Waals surface area contributed by atoms with Gasteiger partial charge in [-0.2, -0.15) is 5.10 Å². The highest BCUT2D eigenvalue weighted by atomic mass is 19.1. The van der Waals surface area contributed by atoms with Gasteiger partial charge in [-0.1, -0.05) is 0 Å². The van der Waals surface area contributed by atoms with Gasteiger partial charge in [-0.3, -0.25) is 10.5 Å². The number of hydrogen-bond donors (Lipinski definition) is 2. The summed E-state index contributed by atoms with van der Waals surface area (Å²) in [5.74, 6) is 6.06. The number of nitrogens with one attached hydrogen (secondary N) is 1. The fourth-order valence-corrected chi connectivity index (χ4v) is 2.69. The standard InChI is InChI=1S/C15H17FN4O/c1-8-14(9(2)20(3)19-8)15(18-17)13-7-10-6-11(16)4-5-12(10)21-13/h4-7,15,18H,17H2,1-3H3. The van der Waals surface area contributed by atoms with Gasteiger partial charge in [-0.05, 0) is 38.1 Å². The number of halogens is 1. The SMILES string of the molecule is Cc1nn(C)c(C)c1C(NN)c1cc2cc(F)ccc2o1. The van der Waals surface area contributed by atoms with Crippen LogP contribution >= 0.6 is 0 Å². The lowest BCUT2D eigenvalue weighted by atomic mass is 10.0. The van der Waals surface area contributed by atoms with Crippen LogP contribution in [0.3, 0.4) is 0 Å². The van der Waals surface area contributed by atoms with Crippen molar-refractivity contribution in [3.8, 4) is 0 Å². The van der Waals surface area contributed by atoms with E-state index in [0.29, 0.717) is 16.7 Å². The Morgan fingerprint density at radius 1 is 1.33 bits per heavy atom. The lowest BCUT2D eigenvalue weighted by molar-refractivity contribution is 0.474. The van der Waals surface area contributed by atoms with Crippen molar-refractivity contribution in [1.82, 2.24) is 15.2 Å². The van der Waals surface area contributed by atoms with E-state index in [1.54, 1.807) is 16.8 Å². The van der Waals surface area contributed by atoms with Gasteiger partial charge < -0.3 is 4.42 Å². The van der Waals surface area contributed by atoms with Crippen molar-refractivity contribution in [1.29, 1.82) is 0 Å². The summed E-state index contributed by atoms with van der Waals surface area (Å²) < 4.78 is 20.9. The van der Waals surface area contributed by atoms with Crippen LogP contribution in [-0.2, 0) is 7.05 Å². The second kappa shape index (κ2) is 4.98. The Bertz CT molecular complexity index is 805. The number of rotatable bonds is 3. The highest BCUT2D eigenvalue weighted by Gasteiger charge is 2.24. The van der Waals surface area contributed by atoms with Crippen LogP contribution in [-0.4, -0.2) is 9.78 Å². The predicted molar refractivity (Wildman–Crippen MR) is 78.0 cm³/mol. The topological polar surface area (TPSA) is 69.0 Å². The zero-order chi connectivity index (χ0) is 15.1. The van der Waals surface area contributed by atoms with Gasteiger partial charge in [0, 0.05) is 23.7 Å². The molecule has 3 rings (SSSR count). The summed E-state index contributed by atoms with van der Waals surface area (Å²) in [5, 5.41) is 5.10. The van der Waals surface area contributed by atoms with Gasteiger partial charge in [0.05, 0.1) is 5.69 Å². The molecule has 1 atom stereocenters. The maximum absolute atomic E-state index is 13.3. The summed E-state index contributed by atoms with van der Waals surface area (Å²) in [5.41, 5.74) is 6.25. The van der Waals surface area contributed by atoms with Crippen LogP contribution in [0.2, 0.25) is 0 Å². The smallest absolute Gasteiger partial charge is 0.134 e. The number of hydrazine groups is 1. The molecule has 0 aliphatic rings. The van der Waals surface area contributed by atoms with Crippen molar-refractivity contribution >= 4 is 11.0 Å². The van der Waals surface area contributed by atoms with E-state index in [1.807, 2.05) is 20.9 Å². The second-order valence-electron chi connectivity index (χ2n) is 5.14. The number of nitrogens with two attached hydrogens (primary N) is 1. The first-order valence-electron chi connectivity index (χ1n) is 6.66. The molecule has 0 radical (unpaired) electrons. The van der Waals surface area contributed by atoms with Crippen LogP contribution in [0, 0.1) is 19.7 Å². The molecule has 1 aromatic carbocycles. The summed E-state index contributed by atoms with van der Waals surface area (Å²) >= 11 is 0. The molecule has 0 aliphatic carbocycles. The molecular formula is C15H17FN4O. The lowest BCUT2D eigenvalue weighted by Gasteiger charge is -2.14. The molecule has 21 heavy (non-hydrogen) atoms. The van der Waals surface area contributed by atoms with Crippen LogP contribution in [0.1, 0.15) is 28.8 Å². The Balaban J connectivity index is 2.13. The summed E-state index contributed by atoms with van der Waals surface area (Å²) in [6, 6.07) is 5.91. The van der Waals surface area contributed by atoms with E-state index in [1.165, 1.54) is 12.1 Å². The van der Waals surface area contributed by atoms with E-state index in [9.17, 15) is 4.39 Å². The first-order valence-corrected chi connectivity index (χ1v) is 6.66. The molecule has 0 saturated carbocycles. The third-order valence-electron chi connectivity index (χ3n) is 3.80. The van der Waals surface area contributed by atoms with Crippen molar-refractivity contribution < 1.29 is 8.81 Å². The molecule has 0 bridgehead atoms. The molecule has 3 aromatic rings. The molecule has 3 N–H and O–H groups in total. The Morgan fingerprint density at radius 3 is 2.71 bits per heavy atom. The summed E-state index contributed by atoms with van der Waals surface area (Å²) in [4.78, 5) is 0. The maximum atomic E-state index is 13.3. The average Bonchev–Trinajstić information content (AvgIpc) is 2.95. The maximum Gasteiger partial charge on any atom is 0.134 e. The fraction of sp³-hybridized carbons (Fsp3) is 0.267. The van der Waals surface area contributed by atoms with E-state index in [0.717, 1.165) is 17.0 Å². The van der Waals surface area contributed by atoms with Gasteiger partial charge in [-0.25, -0.2) is 9.82 Å². The normalized spacial score (nSPS) is 13.0. The third kappa shape index (κ3) is 2.22. The molecule has 0 amide bonds. The van der Waals surface area contributed by atoms with Crippen molar-refractivity contribution in [3.63, 3.8) is 0 Å². The molecule has 2 heterocycles. The minimum Gasteiger partial charge on any atom is -0.459 e. The first-order chi connectivity index (χ1) is 10.0. The van der Waals surface area contributed by atoms with Gasteiger partial charge in [0.25, 0.3) is 0 Å². The number of aromatic nitrogens is 2. The molecule has 6 heteroatoms. The fourth-order valence-electron chi connectivity index (χ4n) is 2.69. The predicted octanol–water partition coefficient (Wildman–Crippen LogP) is 2.47. The van der Waals surface area contributed by atoms with Gasteiger partial charge in [0.1, 0.15) is 23.2 Å². The number of benzene rings is 1. The number of hydrogen-bond acceptors (Lipinski definition) is 4. The van der Waals surface area contributed by atoms with Crippen molar-refractivity contribution in [2.24, 2.45) is 12.9 Å². The highest BCUT2D eigenvalue weighted by molar-refractivity contribution is 5.78. The second-order valence-corrected chi connectivity index (χ2v) is 5.14. The summed E-state index contributed by atoms with van der Waals surface area (Å²) in [7, 11) is 1.88. The van der Waals surface area contributed by atoms with Gasteiger partial charge in [-0.15, -0.1) is 0 Å². The number of nitrogens with zero attached hydrogens (tertiary/aromatic N) is 2. The molecule has 1 unspecified atom stereocenters. The quantitative estimate of drug-likeness (QED) is 0.574. The van der Waals surface area contributed by atoms with Crippen molar-refractivity contribution in [2.75, 3.05) is 0 Å². The molecule has 0 fully saturated rings. The van der Waals surface area contributed by atoms with Crippen LogP contribution in [0.5, 0.6) is 0 Å². The van der Waals surface area contributed by atoms with Gasteiger partial charge >= 0.3 is 0 Å². The Morgan fingerprint density at radius 2 is 2.10 bits per heavy atom. The van der Waals surface area contributed by atoms with Crippen LogP contribution in [0.25, 0.3) is 11.0 Å². The zero-order valence-electron chi connectivity index (χ0n) is 12.1. The molecular weight excluding hydrogens is 271 g/mol. The molecule has 0 saturated heterocycles. The molecule has 110 valence electrons. The van der Waals surface area contributed by atoms with Gasteiger partial charge in [0.15, 0.2) is 0 Å². The average molecular weight is 288 g/mol. The minimum absolute atomic E-state index is 0.291. The summed E-state index contributed by atoms with van der Waals surface area (Å²) in [6.07, 6.45) is 0. The number of aryl methyl sites for hydroxylation is 2. The third-order valence-corrected chi connectivity index (χ3v) is 3.80. The molecule has 0 aliphatic heterocycles. The van der Waals surface area contributed by atoms with E-state index in [-0.39, 0.29) is 11.9 Å². The zero-order valence-corrected chi connectivity index (χ0v) is 12.1.